The van der Waals surface area contributed by atoms with Gasteiger partial charge in [-0.15, -0.1) is 0 Å². The standard InChI is InChI=1S/4H2N.H2O4S.H2O.Pd/c;;;;1-5(2,3)4;;/h4*1H2;(H2,1,2,3,4);1H2;/q4*-1;;;. The van der Waals surface area contributed by atoms with Crippen molar-refractivity contribution in [3.63, 3.8) is 0 Å². The Labute approximate surface area is 78.8 Å². The number of nitrogens with two attached hydrogens (primary N) is 4. The molecule has 0 rings (SSSR count). The van der Waals surface area contributed by atoms with Gasteiger partial charge in [-0.3, -0.25) is 9.11 Å². The third-order valence-corrected chi connectivity index (χ3v) is 0. The van der Waals surface area contributed by atoms with Crippen molar-refractivity contribution in [1.29, 1.82) is 0 Å². The van der Waals surface area contributed by atoms with E-state index in [1.54, 1.807) is 0 Å². The van der Waals surface area contributed by atoms with Crippen LogP contribution in [-0.2, 0) is 30.8 Å². The minimum atomic E-state index is -4.67. The molecule has 0 saturated heterocycles. The summed E-state index contributed by atoms with van der Waals surface area (Å²) in [4.78, 5) is 0. The van der Waals surface area contributed by atoms with Crippen molar-refractivity contribution in [3.8, 4) is 0 Å². The van der Waals surface area contributed by atoms with Crippen LogP contribution in [0.4, 0.5) is 0 Å². The van der Waals surface area contributed by atoms with Crippen molar-refractivity contribution in [2.24, 2.45) is 0 Å². The van der Waals surface area contributed by atoms with Gasteiger partial charge in [-0.2, -0.15) is 8.42 Å². The molecule has 0 spiro atoms. The molecule has 9 nitrogen and oxygen atoms in total. The molecule has 0 radical (unpaired) electrons. The van der Waals surface area contributed by atoms with Gasteiger partial charge in [0.05, 0.1) is 0 Å². The maximum absolute atomic E-state index is 8.74. The Morgan fingerprint density at radius 2 is 0.818 bits per heavy atom. The van der Waals surface area contributed by atoms with Gasteiger partial charge in [0.2, 0.25) is 0 Å². The number of hydrogen-bond acceptors (Lipinski definition) is 2. The molecule has 0 saturated carbocycles. The molecule has 0 aromatic heterocycles. The molecule has 11 heavy (non-hydrogen) atoms. The number of rotatable bonds is 0. The van der Waals surface area contributed by atoms with Crippen LogP contribution in [0.5, 0.6) is 0 Å². The zero-order chi connectivity index (χ0) is 4.50. The van der Waals surface area contributed by atoms with Gasteiger partial charge >= 0.3 is 10.4 Å². The SMILES string of the molecule is O.O=S(=O)(O)O.[NH2-].[NH2-].[NH2-].[NH2-].[Pd]. The molecule has 82 valence electrons. The zero-order valence-corrected chi connectivity index (χ0v) is 7.62. The average molecular weight is 287 g/mol. The molecule has 0 aromatic carbocycles. The molecule has 0 aliphatic carbocycles. The Morgan fingerprint density at radius 3 is 0.818 bits per heavy atom. The normalized spacial score (nSPS) is 5.27. The summed E-state index contributed by atoms with van der Waals surface area (Å²) in [5.41, 5.74) is 0. The van der Waals surface area contributed by atoms with E-state index in [0.29, 0.717) is 0 Å². The van der Waals surface area contributed by atoms with Gasteiger partial charge in [0.25, 0.3) is 0 Å². The Morgan fingerprint density at radius 1 is 0.818 bits per heavy atom. The van der Waals surface area contributed by atoms with E-state index in [2.05, 4.69) is 0 Å². The Balaban J connectivity index is -0.00000000533. The fraction of sp³-hybridized carbons (Fsp3) is 0. The van der Waals surface area contributed by atoms with Crippen LogP contribution in [0.15, 0.2) is 0 Å². The fourth-order valence-electron chi connectivity index (χ4n) is 0. The Bertz CT molecular complexity index is 102. The molecule has 0 aliphatic heterocycles. The van der Waals surface area contributed by atoms with Gasteiger partial charge in [-0.05, 0) is 0 Å². The van der Waals surface area contributed by atoms with Crippen LogP contribution < -0.4 is 0 Å². The molecular formula is H12N4O5PdS-4. The largest absolute Gasteiger partial charge is 0.693 e. The minimum Gasteiger partial charge on any atom is -0.693 e. The summed E-state index contributed by atoms with van der Waals surface area (Å²) in [5, 5.41) is 0. The summed E-state index contributed by atoms with van der Waals surface area (Å²) in [5.74, 6) is 0. The number of hydrogen-bond donors (Lipinski definition) is 2. The van der Waals surface area contributed by atoms with Crippen molar-refractivity contribution in [2.75, 3.05) is 0 Å². The van der Waals surface area contributed by atoms with Crippen LogP contribution in [0.3, 0.4) is 0 Å². The molecular weight excluding hydrogens is 275 g/mol. The maximum atomic E-state index is 8.74. The molecule has 0 unspecified atom stereocenters. The Kier molecular flexibility index (Phi) is 132. The molecule has 11 heteroatoms. The van der Waals surface area contributed by atoms with Crippen LogP contribution in [0.2, 0.25) is 0 Å². The van der Waals surface area contributed by atoms with Gasteiger partial charge in [-0.25, -0.2) is 0 Å². The van der Waals surface area contributed by atoms with Crippen molar-refractivity contribution in [2.45, 2.75) is 0 Å². The average Bonchev–Trinajstić information content (AvgIpc) is 0.722. The predicted molar refractivity (Wildman–Crippen MR) is 38.9 cm³/mol. The van der Waals surface area contributed by atoms with Crippen LogP contribution >= 0.6 is 0 Å². The van der Waals surface area contributed by atoms with Crippen molar-refractivity contribution < 1.29 is 43.4 Å². The van der Waals surface area contributed by atoms with E-state index in [0.717, 1.165) is 0 Å². The van der Waals surface area contributed by atoms with Crippen LogP contribution in [0.1, 0.15) is 0 Å². The van der Waals surface area contributed by atoms with E-state index in [-0.39, 0.29) is 50.5 Å². The summed E-state index contributed by atoms with van der Waals surface area (Å²) < 4.78 is 31.6. The molecule has 0 fully saturated rings. The van der Waals surface area contributed by atoms with Crippen molar-refractivity contribution in [3.05, 3.63) is 24.6 Å². The van der Waals surface area contributed by atoms with E-state index in [1.807, 2.05) is 0 Å². The topological polar surface area (TPSA) is 240 Å². The first-order chi connectivity index (χ1) is 2.00. The zero-order valence-electron chi connectivity index (χ0n) is 5.24. The molecule has 0 amide bonds. The van der Waals surface area contributed by atoms with E-state index < -0.39 is 10.4 Å². The van der Waals surface area contributed by atoms with Crippen molar-refractivity contribution in [1.82, 2.24) is 0 Å². The summed E-state index contributed by atoms with van der Waals surface area (Å²) in [6.07, 6.45) is 0. The smallest absolute Gasteiger partial charge is 0.394 e. The summed E-state index contributed by atoms with van der Waals surface area (Å²) in [6.45, 7) is 0. The van der Waals surface area contributed by atoms with Gasteiger partial charge in [0.1, 0.15) is 0 Å². The van der Waals surface area contributed by atoms with Gasteiger partial charge in [0.15, 0.2) is 0 Å². The van der Waals surface area contributed by atoms with Crippen molar-refractivity contribution >= 4 is 10.4 Å². The van der Waals surface area contributed by atoms with Gasteiger partial charge in [0, 0.05) is 20.4 Å². The van der Waals surface area contributed by atoms with Gasteiger partial charge < -0.3 is 30.1 Å². The first-order valence-electron chi connectivity index (χ1n) is 0.698. The van der Waals surface area contributed by atoms with E-state index >= 15 is 0 Å². The third-order valence-electron chi connectivity index (χ3n) is 0. The second-order valence-electron chi connectivity index (χ2n) is 0.448. The molecule has 0 aliphatic rings. The van der Waals surface area contributed by atoms with Gasteiger partial charge in [-0.1, -0.05) is 0 Å². The predicted octanol–water partition coefficient (Wildman–Crippen LogP) is 1.39. The minimum absolute atomic E-state index is 0. The second kappa shape index (κ2) is 22.4. The summed E-state index contributed by atoms with van der Waals surface area (Å²) in [7, 11) is -4.67. The summed E-state index contributed by atoms with van der Waals surface area (Å²) in [6, 6.07) is 0. The van der Waals surface area contributed by atoms with Crippen LogP contribution in [0, 0.1) is 0 Å². The summed E-state index contributed by atoms with van der Waals surface area (Å²) >= 11 is 0. The van der Waals surface area contributed by atoms with Crippen LogP contribution in [-0.4, -0.2) is 23.0 Å². The molecule has 0 heterocycles. The van der Waals surface area contributed by atoms with E-state index in [1.165, 1.54) is 0 Å². The monoisotopic (exact) mass is 286 g/mol. The fourth-order valence-corrected chi connectivity index (χ4v) is 0. The Hall–Kier alpha value is 0.332. The quantitative estimate of drug-likeness (QED) is 0.494. The second-order valence-corrected chi connectivity index (χ2v) is 1.34. The first-order valence-corrected chi connectivity index (χ1v) is 2.10. The first kappa shape index (κ1) is 64.5. The maximum Gasteiger partial charge on any atom is 0.394 e. The molecule has 0 atom stereocenters. The van der Waals surface area contributed by atoms with Crippen LogP contribution in [0.25, 0.3) is 24.6 Å². The van der Waals surface area contributed by atoms with E-state index in [4.69, 9.17) is 17.5 Å². The molecule has 0 aromatic rings. The molecule has 0 bridgehead atoms. The third kappa shape index (κ3) is 6490. The van der Waals surface area contributed by atoms with E-state index in [9.17, 15) is 0 Å². The molecule has 12 N–H and O–H groups in total.